The summed E-state index contributed by atoms with van der Waals surface area (Å²) in [6.45, 7) is 0. The zero-order chi connectivity index (χ0) is 13.1. The second kappa shape index (κ2) is 5.06. The van der Waals surface area contributed by atoms with Gasteiger partial charge in [-0.2, -0.15) is 0 Å². The largest absolute Gasteiger partial charge is 0.399 e. The molecule has 92 valence electrons. The Balaban J connectivity index is 2.22. The Morgan fingerprint density at radius 1 is 1.22 bits per heavy atom. The summed E-state index contributed by atoms with van der Waals surface area (Å²) in [5.41, 5.74) is 6.12. The molecule has 0 fully saturated rings. The van der Waals surface area contributed by atoms with E-state index < -0.39 is 11.7 Å². The van der Waals surface area contributed by atoms with Crippen molar-refractivity contribution in [3.05, 3.63) is 58.9 Å². The molecule has 2 aromatic carbocycles. The minimum atomic E-state index is -0.658. The molecular formula is C13H10ClFN2O. The summed E-state index contributed by atoms with van der Waals surface area (Å²) >= 11 is 5.78. The number of anilines is 2. The molecular weight excluding hydrogens is 255 g/mol. The number of carbonyl (C=O) groups is 1. The number of amides is 1. The third-order valence-corrected chi connectivity index (χ3v) is 2.56. The predicted molar refractivity (Wildman–Crippen MR) is 70.2 cm³/mol. The van der Waals surface area contributed by atoms with Gasteiger partial charge in [0.1, 0.15) is 5.82 Å². The lowest BCUT2D eigenvalue weighted by Gasteiger charge is -2.06. The SMILES string of the molecule is Nc1ccc(C(=O)Nc2cccc(Cl)c2)c(F)c1. The summed E-state index contributed by atoms with van der Waals surface area (Å²) in [4.78, 5) is 11.8. The zero-order valence-electron chi connectivity index (χ0n) is 9.28. The van der Waals surface area contributed by atoms with Crippen molar-refractivity contribution < 1.29 is 9.18 Å². The fourth-order valence-electron chi connectivity index (χ4n) is 1.48. The molecule has 0 heterocycles. The number of nitrogens with one attached hydrogen (secondary N) is 1. The molecule has 0 aliphatic carbocycles. The van der Waals surface area contributed by atoms with Gasteiger partial charge in [0.25, 0.3) is 5.91 Å². The molecule has 0 atom stereocenters. The van der Waals surface area contributed by atoms with Crippen molar-refractivity contribution in [3.8, 4) is 0 Å². The van der Waals surface area contributed by atoms with Crippen molar-refractivity contribution in [2.75, 3.05) is 11.1 Å². The van der Waals surface area contributed by atoms with Gasteiger partial charge in [0, 0.05) is 16.4 Å². The summed E-state index contributed by atoms with van der Waals surface area (Å²) in [5, 5.41) is 3.05. The van der Waals surface area contributed by atoms with E-state index >= 15 is 0 Å². The standard InChI is InChI=1S/C13H10ClFN2O/c14-8-2-1-3-10(6-8)17-13(18)11-5-4-9(16)7-12(11)15/h1-7H,16H2,(H,17,18). The van der Waals surface area contributed by atoms with Gasteiger partial charge in [0.15, 0.2) is 0 Å². The molecule has 0 spiro atoms. The van der Waals surface area contributed by atoms with Crippen molar-refractivity contribution in [1.29, 1.82) is 0 Å². The van der Waals surface area contributed by atoms with Crippen molar-refractivity contribution in [1.82, 2.24) is 0 Å². The molecule has 0 aliphatic rings. The van der Waals surface area contributed by atoms with Crippen LogP contribution in [-0.2, 0) is 0 Å². The molecule has 0 radical (unpaired) electrons. The fraction of sp³-hybridized carbons (Fsp3) is 0. The summed E-state index contributed by atoms with van der Waals surface area (Å²) in [7, 11) is 0. The summed E-state index contributed by atoms with van der Waals surface area (Å²) in [6, 6.07) is 10.5. The average Bonchev–Trinajstić information content (AvgIpc) is 2.28. The topological polar surface area (TPSA) is 55.1 Å². The van der Waals surface area contributed by atoms with Crippen LogP contribution in [0, 0.1) is 5.82 Å². The highest BCUT2D eigenvalue weighted by Crippen LogP contribution is 2.17. The average molecular weight is 265 g/mol. The van der Waals surface area contributed by atoms with Crippen LogP contribution in [0.2, 0.25) is 5.02 Å². The first-order chi connectivity index (χ1) is 8.56. The van der Waals surface area contributed by atoms with Gasteiger partial charge in [-0.25, -0.2) is 4.39 Å². The lowest BCUT2D eigenvalue weighted by molar-refractivity contribution is 0.102. The first-order valence-electron chi connectivity index (χ1n) is 5.18. The lowest BCUT2D eigenvalue weighted by Crippen LogP contribution is -2.13. The third kappa shape index (κ3) is 2.78. The van der Waals surface area contributed by atoms with Crippen molar-refractivity contribution in [2.24, 2.45) is 0 Å². The minimum absolute atomic E-state index is 0.0656. The van der Waals surface area contributed by atoms with Crippen molar-refractivity contribution in [2.45, 2.75) is 0 Å². The molecule has 18 heavy (non-hydrogen) atoms. The van der Waals surface area contributed by atoms with Crippen LogP contribution in [0.3, 0.4) is 0 Å². The molecule has 0 saturated heterocycles. The van der Waals surface area contributed by atoms with Crippen LogP contribution in [0.25, 0.3) is 0 Å². The Morgan fingerprint density at radius 2 is 2.00 bits per heavy atom. The Bertz CT molecular complexity index is 601. The first kappa shape index (κ1) is 12.4. The van der Waals surface area contributed by atoms with Crippen LogP contribution in [0.4, 0.5) is 15.8 Å². The predicted octanol–water partition coefficient (Wildman–Crippen LogP) is 3.31. The molecule has 0 aromatic heterocycles. The van der Waals surface area contributed by atoms with E-state index in [4.69, 9.17) is 17.3 Å². The Hall–Kier alpha value is -2.07. The normalized spacial score (nSPS) is 10.1. The van der Waals surface area contributed by atoms with Crippen LogP contribution in [0.5, 0.6) is 0 Å². The van der Waals surface area contributed by atoms with E-state index in [1.165, 1.54) is 12.1 Å². The molecule has 5 heteroatoms. The molecule has 3 nitrogen and oxygen atoms in total. The number of halogens is 2. The van der Waals surface area contributed by atoms with Gasteiger partial charge in [-0.3, -0.25) is 4.79 Å². The highest BCUT2D eigenvalue weighted by molar-refractivity contribution is 6.30. The molecule has 2 aromatic rings. The van der Waals surface area contributed by atoms with E-state index in [2.05, 4.69) is 5.32 Å². The molecule has 3 N–H and O–H groups in total. The van der Waals surface area contributed by atoms with E-state index in [0.717, 1.165) is 6.07 Å². The molecule has 0 saturated carbocycles. The summed E-state index contributed by atoms with van der Waals surface area (Å²) in [5.74, 6) is -1.20. The highest BCUT2D eigenvalue weighted by atomic mass is 35.5. The third-order valence-electron chi connectivity index (χ3n) is 2.32. The summed E-state index contributed by atoms with van der Waals surface area (Å²) < 4.78 is 13.5. The number of nitrogen functional groups attached to an aromatic ring is 1. The zero-order valence-corrected chi connectivity index (χ0v) is 10.0. The van der Waals surface area contributed by atoms with Crippen LogP contribution in [0.15, 0.2) is 42.5 Å². The number of nitrogens with two attached hydrogens (primary N) is 1. The quantitative estimate of drug-likeness (QED) is 0.818. The minimum Gasteiger partial charge on any atom is -0.399 e. The second-order valence-corrected chi connectivity index (χ2v) is 4.14. The van der Waals surface area contributed by atoms with Gasteiger partial charge >= 0.3 is 0 Å². The van der Waals surface area contributed by atoms with Crippen LogP contribution in [-0.4, -0.2) is 5.91 Å². The van der Waals surface area contributed by atoms with Gasteiger partial charge in [-0.1, -0.05) is 17.7 Å². The maximum Gasteiger partial charge on any atom is 0.258 e. The van der Waals surface area contributed by atoms with Gasteiger partial charge < -0.3 is 11.1 Å². The van der Waals surface area contributed by atoms with E-state index in [1.807, 2.05) is 0 Å². The second-order valence-electron chi connectivity index (χ2n) is 3.70. The van der Waals surface area contributed by atoms with Gasteiger partial charge in [0.2, 0.25) is 0 Å². The lowest BCUT2D eigenvalue weighted by atomic mass is 10.1. The van der Waals surface area contributed by atoms with E-state index in [-0.39, 0.29) is 11.3 Å². The van der Waals surface area contributed by atoms with Gasteiger partial charge in [0.05, 0.1) is 5.56 Å². The van der Waals surface area contributed by atoms with Crippen molar-refractivity contribution in [3.63, 3.8) is 0 Å². The first-order valence-corrected chi connectivity index (χ1v) is 5.56. The number of hydrogen-bond donors (Lipinski definition) is 2. The molecule has 0 unspecified atom stereocenters. The Morgan fingerprint density at radius 3 is 2.67 bits per heavy atom. The number of hydrogen-bond acceptors (Lipinski definition) is 2. The summed E-state index contributed by atoms with van der Waals surface area (Å²) in [6.07, 6.45) is 0. The molecule has 0 bridgehead atoms. The smallest absolute Gasteiger partial charge is 0.258 e. The monoisotopic (exact) mass is 264 g/mol. The molecule has 1 amide bonds. The van der Waals surface area contributed by atoms with Crippen LogP contribution < -0.4 is 11.1 Å². The van der Waals surface area contributed by atoms with E-state index in [1.54, 1.807) is 24.3 Å². The Labute approximate surface area is 108 Å². The van der Waals surface area contributed by atoms with E-state index in [0.29, 0.717) is 10.7 Å². The van der Waals surface area contributed by atoms with Crippen LogP contribution >= 0.6 is 11.6 Å². The van der Waals surface area contributed by atoms with Crippen molar-refractivity contribution >= 4 is 28.9 Å². The maximum absolute atomic E-state index is 13.5. The number of rotatable bonds is 2. The van der Waals surface area contributed by atoms with E-state index in [9.17, 15) is 9.18 Å². The fourth-order valence-corrected chi connectivity index (χ4v) is 1.67. The molecule has 0 aliphatic heterocycles. The van der Waals surface area contributed by atoms with Gasteiger partial charge in [-0.15, -0.1) is 0 Å². The maximum atomic E-state index is 13.5. The van der Waals surface area contributed by atoms with Crippen LogP contribution in [0.1, 0.15) is 10.4 Å². The van der Waals surface area contributed by atoms with Gasteiger partial charge in [-0.05, 0) is 36.4 Å². The highest BCUT2D eigenvalue weighted by Gasteiger charge is 2.11. The number of benzene rings is 2. The Kier molecular flexibility index (Phi) is 3.48. The number of carbonyl (C=O) groups excluding carboxylic acids is 1. The molecule has 2 rings (SSSR count).